The topological polar surface area (TPSA) is 85.5 Å². The zero-order valence-corrected chi connectivity index (χ0v) is 17.7. The van der Waals surface area contributed by atoms with Gasteiger partial charge in [-0.1, -0.05) is 23.9 Å². The van der Waals surface area contributed by atoms with E-state index in [4.69, 9.17) is 9.15 Å². The second kappa shape index (κ2) is 8.93. The van der Waals surface area contributed by atoms with Gasteiger partial charge >= 0.3 is 0 Å². The van der Waals surface area contributed by atoms with Gasteiger partial charge in [0.15, 0.2) is 6.10 Å². The van der Waals surface area contributed by atoms with E-state index in [1.54, 1.807) is 25.1 Å². The van der Waals surface area contributed by atoms with Crippen molar-refractivity contribution < 1.29 is 22.0 Å². The Hall–Kier alpha value is -2.43. The molecule has 0 spiro atoms. The molecule has 0 radical (unpaired) electrons. The molecule has 0 saturated heterocycles. The van der Waals surface area contributed by atoms with Crippen LogP contribution in [0.5, 0.6) is 5.75 Å². The van der Waals surface area contributed by atoms with Crippen LogP contribution in [0.2, 0.25) is 0 Å². The third kappa shape index (κ3) is 5.34. The largest absolute Gasteiger partial charge is 0.481 e. The summed E-state index contributed by atoms with van der Waals surface area (Å²) in [6.45, 7) is 1.75. The van der Waals surface area contributed by atoms with E-state index in [2.05, 4.69) is 10.2 Å². The van der Waals surface area contributed by atoms with Gasteiger partial charge in [-0.15, -0.1) is 10.2 Å². The van der Waals surface area contributed by atoms with Crippen molar-refractivity contribution in [3.8, 4) is 5.75 Å². The van der Waals surface area contributed by atoms with E-state index in [1.807, 2.05) is 6.07 Å². The van der Waals surface area contributed by atoms with Crippen LogP contribution in [0.25, 0.3) is 0 Å². The summed E-state index contributed by atoms with van der Waals surface area (Å²) in [4.78, 5) is 0.230. The number of benzene rings is 2. The SMILES string of the molecule is CC(Oc1ccc(F)cc1)c1nnc(SCc2cccc(S(=O)(=O)N(C)C)c2)o1. The van der Waals surface area contributed by atoms with Gasteiger partial charge in [-0.05, 0) is 48.9 Å². The third-order valence-corrected chi connectivity index (χ3v) is 6.64. The molecule has 0 bridgehead atoms. The first kappa shape index (κ1) is 21.3. The van der Waals surface area contributed by atoms with Crippen molar-refractivity contribution in [1.29, 1.82) is 0 Å². The molecule has 0 aliphatic heterocycles. The minimum atomic E-state index is -3.49. The summed E-state index contributed by atoms with van der Waals surface area (Å²) < 4.78 is 49.9. The normalized spacial score (nSPS) is 12.9. The highest BCUT2D eigenvalue weighted by Gasteiger charge is 2.18. The molecule has 29 heavy (non-hydrogen) atoms. The van der Waals surface area contributed by atoms with Crippen LogP contribution in [0.4, 0.5) is 4.39 Å². The van der Waals surface area contributed by atoms with Gasteiger partial charge in [0.2, 0.25) is 10.0 Å². The Morgan fingerprint density at radius 1 is 1.17 bits per heavy atom. The van der Waals surface area contributed by atoms with E-state index in [9.17, 15) is 12.8 Å². The van der Waals surface area contributed by atoms with Crippen molar-refractivity contribution in [3.63, 3.8) is 0 Å². The van der Waals surface area contributed by atoms with Crippen molar-refractivity contribution in [3.05, 3.63) is 65.8 Å². The molecule has 0 amide bonds. The summed E-state index contributed by atoms with van der Waals surface area (Å²) >= 11 is 1.29. The molecule has 1 unspecified atom stereocenters. The smallest absolute Gasteiger partial charge is 0.277 e. The molecule has 0 aliphatic carbocycles. The molecule has 1 atom stereocenters. The summed E-state index contributed by atoms with van der Waals surface area (Å²) in [6.07, 6.45) is -0.504. The first-order valence-electron chi connectivity index (χ1n) is 8.65. The Morgan fingerprint density at radius 2 is 1.90 bits per heavy atom. The summed E-state index contributed by atoms with van der Waals surface area (Å²) in [5.41, 5.74) is 0.813. The van der Waals surface area contributed by atoms with E-state index >= 15 is 0 Å². The van der Waals surface area contributed by atoms with Crippen LogP contribution in [0, 0.1) is 5.82 Å². The molecular formula is C19H20FN3O4S2. The van der Waals surface area contributed by atoms with Crippen LogP contribution in [0.1, 0.15) is 24.5 Å². The van der Waals surface area contributed by atoms with Crippen molar-refractivity contribution in [2.24, 2.45) is 0 Å². The minimum Gasteiger partial charge on any atom is -0.481 e. The summed E-state index contributed by atoms with van der Waals surface area (Å²) in [5, 5.41) is 8.31. The Labute approximate surface area is 172 Å². The number of halogens is 1. The summed E-state index contributed by atoms with van der Waals surface area (Å²) in [7, 11) is -0.505. The maximum Gasteiger partial charge on any atom is 0.277 e. The highest BCUT2D eigenvalue weighted by molar-refractivity contribution is 7.98. The Morgan fingerprint density at radius 3 is 2.59 bits per heavy atom. The number of hydrogen-bond acceptors (Lipinski definition) is 7. The molecular weight excluding hydrogens is 417 g/mol. The molecule has 0 aliphatic rings. The molecule has 0 N–H and O–H groups in total. The van der Waals surface area contributed by atoms with Gasteiger partial charge in [0.05, 0.1) is 4.90 Å². The van der Waals surface area contributed by atoms with Gasteiger partial charge in [0.25, 0.3) is 11.1 Å². The highest BCUT2D eigenvalue weighted by atomic mass is 32.2. The predicted molar refractivity (Wildman–Crippen MR) is 107 cm³/mol. The lowest BCUT2D eigenvalue weighted by Crippen LogP contribution is -2.22. The van der Waals surface area contributed by atoms with E-state index < -0.39 is 16.1 Å². The van der Waals surface area contributed by atoms with Gasteiger partial charge < -0.3 is 9.15 Å². The van der Waals surface area contributed by atoms with Gasteiger partial charge in [-0.25, -0.2) is 17.1 Å². The maximum atomic E-state index is 13.0. The van der Waals surface area contributed by atoms with Crippen molar-refractivity contribution in [1.82, 2.24) is 14.5 Å². The second-order valence-corrected chi connectivity index (χ2v) is 9.42. The third-order valence-electron chi connectivity index (χ3n) is 3.94. The van der Waals surface area contributed by atoms with Crippen molar-refractivity contribution in [2.45, 2.75) is 28.9 Å². The number of rotatable bonds is 8. The highest BCUT2D eigenvalue weighted by Crippen LogP contribution is 2.27. The minimum absolute atomic E-state index is 0.230. The first-order chi connectivity index (χ1) is 13.8. The fraction of sp³-hybridized carbons (Fsp3) is 0.263. The number of nitrogens with zero attached hydrogens (tertiary/aromatic N) is 3. The van der Waals surface area contributed by atoms with Crippen LogP contribution < -0.4 is 4.74 Å². The molecule has 154 valence electrons. The fourth-order valence-electron chi connectivity index (χ4n) is 2.36. The Bertz CT molecular complexity index is 1070. The van der Waals surface area contributed by atoms with E-state index in [0.29, 0.717) is 22.6 Å². The molecule has 3 rings (SSSR count). The van der Waals surface area contributed by atoms with Crippen LogP contribution in [0.3, 0.4) is 0 Å². The number of sulfonamides is 1. The fourth-order valence-corrected chi connectivity index (χ4v) is 4.05. The lowest BCUT2D eigenvalue weighted by molar-refractivity contribution is 0.181. The van der Waals surface area contributed by atoms with Crippen molar-refractivity contribution in [2.75, 3.05) is 14.1 Å². The van der Waals surface area contributed by atoms with Gasteiger partial charge in [0.1, 0.15) is 11.6 Å². The molecule has 10 heteroatoms. The molecule has 2 aromatic carbocycles. The molecule has 1 aromatic heterocycles. The van der Waals surface area contributed by atoms with Crippen LogP contribution >= 0.6 is 11.8 Å². The number of aromatic nitrogens is 2. The van der Waals surface area contributed by atoms with Crippen LogP contribution in [-0.4, -0.2) is 37.0 Å². The average Bonchev–Trinajstić information content (AvgIpc) is 3.17. The first-order valence-corrected chi connectivity index (χ1v) is 11.1. The lowest BCUT2D eigenvalue weighted by Gasteiger charge is -2.12. The molecule has 0 saturated carbocycles. The number of ether oxygens (including phenoxy) is 1. The Balaban J connectivity index is 1.63. The summed E-state index contributed by atoms with van der Waals surface area (Å²) in [5.74, 6) is 0.904. The van der Waals surface area contributed by atoms with Crippen LogP contribution in [-0.2, 0) is 15.8 Å². The molecule has 0 fully saturated rings. The zero-order chi connectivity index (χ0) is 21.0. The van der Waals surface area contributed by atoms with Crippen LogP contribution in [0.15, 0.2) is 63.1 Å². The summed E-state index contributed by atoms with van der Waals surface area (Å²) in [6, 6.07) is 12.4. The number of thioether (sulfide) groups is 1. The maximum absolute atomic E-state index is 13.0. The van der Waals surface area contributed by atoms with E-state index in [0.717, 1.165) is 5.56 Å². The molecule has 3 aromatic rings. The zero-order valence-electron chi connectivity index (χ0n) is 16.1. The Kier molecular flexibility index (Phi) is 6.56. The lowest BCUT2D eigenvalue weighted by atomic mass is 10.2. The number of hydrogen-bond donors (Lipinski definition) is 0. The quantitative estimate of drug-likeness (QED) is 0.494. The van der Waals surface area contributed by atoms with Gasteiger partial charge in [-0.3, -0.25) is 0 Å². The predicted octanol–water partition coefficient (Wildman–Crippen LogP) is 3.89. The average molecular weight is 438 g/mol. The molecule has 1 heterocycles. The standard InChI is InChI=1S/C19H20FN3O4S2/c1-13(26-16-9-7-15(20)8-10-16)18-21-22-19(27-18)28-12-14-5-4-6-17(11-14)29(24,25)23(2)3/h4-11,13H,12H2,1-3H3. The monoisotopic (exact) mass is 437 g/mol. The second-order valence-electron chi connectivity index (χ2n) is 6.34. The van der Waals surface area contributed by atoms with Gasteiger partial charge in [-0.2, -0.15) is 0 Å². The molecule has 7 nitrogen and oxygen atoms in total. The van der Waals surface area contributed by atoms with E-state index in [1.165, 1.54) is 54.4 Å². The van der Waals surface area contributed by atoms with E-state index in [-0.39, 0.29) is 10.7 Å². The van der Waals surface area contributed by atoms with Gasteiger partial charge in [0, 0.05) is 19.8 Å². The van der Waals surface area contributed by atoms with Crippen molar-refractivity contribution >= 4 is 21.8 Å².